The monoisotopic (exact) mass is 318 g/mol. The van der Waals surface area contributed by atoms with Crippen molar-refractivity contribution in [2.45, 2.75) is 13.5 Å². The maximum absolute atomic E-state index is 5.79. The van der Waals surface area contributed by atoms with Gasteiger partial charge in [-0.05, 0) is 36.8 Å². The standard InChI is InChI=1S/C20H18N2O2/c1-14-8-11-19(24-14)20-17-10-9-16(23-2)12-18(17)22(21-20)13-15-6-4-3-5-7-15/h3-12H,13H2,1-2H3. The summed E-state index contributed by atoms with van der Waals surface area (Å²) in [5.74, 6) is 2.48. The third kappa shape index (κ3) is 2.56. The molecule has 0 aliphatic rings. The maximum atomic E-state index is 5.79. The van der Waals surface area contributed by atoms with Crippen molar-refractivity contribution in [3.63, 3.8) is 0 Å². The van der Waals surface area contributed by atoms with Crippen molar-refractivity contribution in [1.82, 2.24) is 9.78 Å². The molecule has 0 aliphatic heterocycles. The van der Waals surface area contributed by atoms with Gasteiger partial charge in [-0.3, -0.25) is 4.68 Å². The van der Waals surface area contributed by atoms with E-state index < -0.39 is 0 Å². The van der Waals surface area contributed by atoms with Gasteiger partial charge in [0, 0.05) is 11.5 Å². The fraction of sp³-hybridized carbons (Fsp3) is 0.150. The van der Waals surface area contributed by atoms with Crippen LogP contribution in [0.2, 0.25) is 0 Å². The molecule has 2 aromatic carbocycles. The van der Waals surface area contributed by atoms with Gasteiger partial charge in [-0.2, -0.15) is 5.10 Å². The summed E-state index contributed by atoms with van der Waals surface area (Å²) in [4.78, 5) is 0. The maximum Gasteiger partial charge on any atom is 0.155 e. The van der Waals surface area contributed by atoms with Gasteiger partial charge in [-0.1, -0.05) is 30.3 Å². The van der Waals surface area contributed by atoms with Gasteiger partial charge in [-0.15, -0.1) is 0 Å². The van der Waals surface area contributed by atoms with Crippen molar-refractivity contribution in [3.05, 3.63) is 72.0 Å². The Balaban J connectivity index is 1.88. The zero-order chi connectivity index (χ0) is 16.5. The van der Waals surface area contributed by atoms with Crippen LogP contribution in [0.5, 0.6) is 5.75 Å². The Morgan fingerprint density at radius 3 is 2.58 bits per heavy atom. The van der Waals surface area contributed by atoms with Gasteiger partial charge >= 0.3 is 0 Å². The Morgan fingerprint density at radius 2 is 1.88 bits per heavy atom. The first-order chi connectivity index (χ1) is 11.7. The molecule has 2 heterocycles. The van der Waals surface area contributed by atoms with Gasteiger partial charge < -0.3 is 9.15 Å². The molecule has 4 rings (SSSR count). The van der Waals surface area contributed by atoms with E-state index in [1.54, 1.807) is 7.11 Å². The summed E-state index contributed by atoms with van der Waals surface area (Å²) in [5.41, 5.74) is 3.09. The lowest BCUT2D eigenvalue weighted by Gasteiger charge is -2.05. The van der Waals surface area contributed by atoms with Gasteiger partial charge in [0.25, 0.3) is 0 Å². The number of furan rings is 1. The summed E-state index contributed by atoms with van der Waals surface area (Å²) < 4.78 is 13.2. The zero-order valence-electron chi connectivity index (χ0n) is 13.7. The lowest BCUT2D eigenvalue weighted by molar-refractivity contribution is 0.415. The van der Waals surface area contributed by atoms with Crippen molar-refractivity contribution in [2.24, 2.45) is 0 Å². The van der Waals surface area contributed by atoms with Crippen LogP contribution in [-0.2, 0) is 6.54 Å². The van der Waals surface area contributed by atoms with E-state index in [0.717, 1.165) is 33.9 Å². The number of benzene rings is 2. The van der Waals surface area contributed by atoms with E-state index in [4.69, 9.17) is 14.3 Å². The Bertz CT molecular complexity index is 983. The first kappa shape index (κ1) is 14.6. The van der Waals surface area contributed by atoms with Crippen molar-refractivity contribution in [3.8, 4) is 17.2 Å². The van der Waals surface area contributed by atoms with Crippen molar-refractivity contribution in [2.75, 3.05) is 7.11 Å². The molecular weight excluding hydrogens is 300 g/mol. The SMILES string of the molecule is COc1ccc2c(-c3ccc(C)o3)nn(Cc3ccccc3)c2c1. The average Bonchev–Trinajstić information content (AvgIpc) is 3.19. The zero-order valence-corrected chi connectivity index (χ0v) is 13.7. The van der Waals surface area contributed by atoms with Crippen LogP contribution in [-0.4, -0.2) is 16.9 Å². The van der Waals surface area contributed by atoms with E-state index in [2.05, 4.69) is 12.1 Å². The summed E-state index contributed by atoms with van der Waals surface area (Å²) in [5, 5.41) is 5.87. The molecule has 120 valence electrons. The Hall–Kier alpha value is -3.01. The predicted octanol–water partition coefficient (Wildman–Crippen LogP) is 4.66. The second kappa shape index (κ2) is 5.89. The molecule has 0 atom stereocenters. The van der Waals surface area contributed by atoms with Gasteiger partial charge in [0.05, 0.1) is 19.2 Å². The quantitative estimate of drug-likeness (QED) is 0.549. The molecule has 4 nitrogen and oxygen atoms in total. The molecule has 0 saturated carbocycles. The molecular formula is C20H18N2O2. The average molecular weight is 318 g/mol. The number of hydrogen-bond donors (Lipinski definition) is 0. The van der Waals surface area contributed by atoms with Crippen LogP contribution >= 0.6 is 0 Å². The first-order valence-corrected chi connectivity index (χ1v) is 7.90. The van der Waals surface area contributed by atoms with E-state index >= 15 is 0 Å². The summed E-state index contributed by atoms with van der Waals surface area (Å²) in [7, 11) is 1.68. The molecule has 0 unspecified atom stereocenters. The molecule has 0 fully saturated rings. The highest BCUT2D eigenvalue weighted by Crippen LogP contribution is 2.31. The molecule has 0 spiro atoms. The predicted molar refractivity (Wildman–Crippen MR) is 94.3 cm³/mol. The number of nitrogens with zero attached hydrogens (tertiary/aromatic N) is 2. The van der Waals surface area contributed by atoms with E-state index in [9.17, 15) is 0 Å². The molecule has 2 aromatic heterocycles. The van der Waals surface area contributed by atoms with Crippen LogP contribution in [0, 0.1) is 6.92 Å². The minimum Gasteiger partial charge on any atom is -0.497 e. The van der Waals surface area contributed by atoms with Crippen LogP contribution in [0.25, 0.3) is 22.4 Å². The van der Waals surface area contributed by atoms with Crippen LogP contribution in [0.1, 0.15) is 11.3 Å². The van der Waals surface area contributed by atoms with E-state index in [1.807, 2.05) is 60.1 Å². The van der Waals surface area contributed by atoms with Crippen LogP contribution in [0.3, 0.4) is 0 Å². The molecule has 4 heteroatoms. The smallest absolute Gasteiger partial charge is 0.155 e. The molecule has 0 N–H and O–H groups in total. The lowest BCUT2D eigenvalue weighted by atomic mass is 10.1. The van der Waals surface area contributed by atoms with Gasteiger partial charge in [-0.25, -0.2) is 0 Å². The minimum absolute atomic E-state index is 0.699. The molecule has 0 bridgehead atoms. The number of methoxy groups -OCH3 is 1. The third-order valence-corrected chi connectivity index (χ3v) is 4.11. The second-order valence-corrected chi connectivity index (χ2v) is 5.79. The van der Waals surface area contributed by atoms with Crippen molar-refractivity contribution in [1.29, 1.82) is 0 Å². The van der Waals surface area contributed by atoms with Gasteiger partial charge in [0.15, 0.2) is 5.76 Å². The van der Waals surface area contributed by atoms with Gasteiger partial charge in [0.2, 0.25) is 0 Å². The van der Waals surface area contributed by atoms with E-state index in [0.29, 0.717) is 6.54 Å². The fourth-order valence-electron chi connectivity index (χ4n) is 2.90. The highest BCUT2D eigenvalue weighted by Gasteiger charge is 2.16. The lowest BCUT2D eigenvalue weighted by Crippen LogP contribution is -2.01. The largest absolute Gasteiger partial charge is 0.497 e. The highest BCUT2D eigenvalue weighted by atomic mass is 16.5. The normalized spacial score (nSPS) is 11.1. The first-order valence-electron chi connectivity index (χ1n) is 7.90. The number of fused-ring (bicyclic) bond motifs is 1. The van der Waals surface area contributed by atoms with Crippen LogP contribution in [0.4, 0.5) is 0 Å². The van der Waals surface area contributed by atoms with E-state index in [-0.39, 0.29) is 0 Å². The number of aryl methyl sites for hydroxylation is 1. The molecule has 4 aromatic rings. The summed E-state index contributed by atoms with van der Waals surface area (Å²) in [6, 6.07) is 20.2. The molecule has 24 heavy (non-hydrogen) atoms. The highest BCUT2D eigenvalue weighted by molar-refractivity contribution is 5.93. The molecule has 0 radical (unpaired) electrons. The summed E-state index contributed by atoms with van der Waals surface area (Å²) in [6.07, 6.45) is 0. The number of ether oxygens (including phenoxy) is 1. The third-order valence-electron chi connectivity index (χ3n) is 4.11. The second-order valence-electron chi connectivity index (χ2n) is 5.79. The van der Waals surface area contributed by atoms with Gasteiger partial charge in [0.1, 0.15) is 17.2 Å². The van der Waals surface area contributed by atoms with Crippen LogP contribution < -0.4 is 4.74 Å². The minimum atomic E-state index is 0.699. The Labute approximate surface area is 140 Å². The number of hydrogen-bond acceptors (Lipinski definition) is 3. The summed E-state index contributed by atoms with van der Waals surface area (Å²) in [6.45, 7) is 2.64. The molecule has 0 amide bonds. The fourth-order valence-corrected chi connectivity index (χ4v) is 2.90. The Morgan fingerprint density at radius 1 is 1.04 bits per heavy atom. The van der Waals surface area contributed by atoms with Crippen molar-refractivity contribution >= 4 is 10.9 Å². The number of aromatic nitrogens is 2. The van der Waals surface area contributed by atoms with Crippen LogP contribution in [0.15, 0.2) is 65.1 Å². The number of rotatable bonds is 4. The Kier molecular flexibility index (Phi) is 3.58. The topological polar surface area (TPSA) is 40.2 Å². The van der Waals surface area contributed by atoms with Crippen molar-refractivity contribution < 1.29 is 9.15 Å². The molecule has 0 aliphatic carbocycles. The summed E-state index contributed by atoms with van der Waals surface area (Å²) >= 11 is 0. The van der Waals surface area contributed by atoms with E-state index in [1.165, 1.54) is 5.56 Å². The molecule has 0 saturated heterocycles.